The summed E-state index contributed by atoms with van der Waals surface area (Å²) < 4.78 is 6.95. The van der Waals surface area contributed by atoms with Crippen molar-refractivity contribution in [3.8, 4) is 5.75 Å². The molecule has 3 aromatic rings. The summed E-state index contributed by atoms with van der Waals surface area (Å²) in [5.41, 5.74) is 2.68. The number of aromatic nitrogens is 2. The second-order valence-corrected chi connectivity index (χ2v) is 5.23. The fraction of sp³-hybridized carbons (Fsp3) is 0.125. The van der Waals surface area contributed by atoms with E-state index in [0.717, 1.165) is 11.3 Å². The number of imidazole rings is 1. The molecule has 1 N–H and O–H groups in total. The van der Waals surface area contributed by atoms with Crippen LogP contribution >= 0.6 is 11.6 Å². The standard InChI is InChI=1S/C16H14ClN3O2/c1-10-4-3-5-15-19-13(9-20(10)15)16(21)18-11-6-7-14(22-2)12(17)8-11/h3-9H,1-2H3,(H,18,21). The molecule has 112 valence electrons. The lowest BCUT2D eigenvalue weighted by Gasteiger charge is -2.06. The highest BCUT2D eigenvalue weighted by Crippen LogP contribution is 2.27. The number of methoxy groups -OCH3 is 1. The molecular weight excluding hydrogens is 302 g/mol. The van der Waals surface area contributed by atoms with Gasteiger partial charge in [-0.15, -0.1) is 0 Å². The van der Waals surface area contributed by atoms with Crippen LogP contribution in [0.1, 0.15) is 16.2 Å². The summed E-state index contributed by atoms with van der Waals surface area (Å²) in [5, 5.41) is 3.21. The van der Waals surface area contributed by atoms with Crippen molar-refractivity contribution in [1.82, 2.24) is 9.38 Å². The van der Waals surface area contributed by atoms with Crippen molar-refractivity contribution in [1.29, 1.82) is 0 Å². The zero-order valence-electron chi connectivity index (χ0n) is 12.1. The van der Waals surface area contributed by atoms with Crippen LogP contribution in [-0.2, 0) is 0 Å². The molecule has 0 radical (unpaired) electrons. The maximum Gasteiger partial charge on any atom is 0.275 e. The fourth-order valence-corrected chi connectivity index (χ4v) is 2.45. The van der Waals surface area contributed by atoms with Crippen LogP contribution in [0.4, 0.5) is 5.69 Å². The molecule has 0 spiro atoms. The number of rotatable bonds is 3. The number of nitrogens with zero attached hydrogens (tertiary/aromatic N) is 2. The van der Waals surface area contributed by atoms with Crippen molar-refractivity contribution >= 4 is 28.8 Å². The molecule has 1 amide bonds. The van der Waals surface area contributed by atoms with Crippen LogP contribution in [0.25, 0.3) is 5.65 Å². The van der Waals surface area contributed by atoms with Gasteiger partial charge in [0.2, 0.25) is 0 Å². The lowest BCUT2D eigenvalue weighted by Crippen LogP contribution is -2.12. The minimum absolute atomic E-state index is 0.288. The molecule has 0 aliphatic heterocycles. The van der Waals surface area contributed by atoms with E-state index >= 15 is 0 Å². The predicted octanol–water partition coefficient (Wildman–Crippen LogP) is 3.56. The summed E-state index contributed by atoms with van der Waals surface area (Å²) in [6, 6.07) is 10.8. The van der Waals surface area contributed by atoms with Gasteiger partial charge in [0, 0.05) is 17.6 Å². The number of pyridine rings is 1. The zero-order valence-corrected chi connectivity index (χ0v) is 12.9. The number of amides is 1. The first-order chi connectivity index (χ1) is 10.6. The molecule has 0 bridgehead atoms. The van der Waals surface area contributed by atoms with E-state index in [1.54, 1.807) is 31.5 Å². The summed E-state index contributed by atoms with van der Waals surface area (Å²) in [6.07, 6.45) is 1.71. The van der Waals surface area contributed by atoms with Crippen LogP contribution in [0.2, 0.25) is 5.02 Å². The number of ether oxygens (including phenoxy) is 1. The maximum atomic E-state index is 12.3. The third kappa shape index (κ3) is 2.63. The van der Waals surface area contributed by atoms with Gasteiger partial charge < -0.3 is 14.5 Å². The van der Waals surface area contributed by atoms with E-state index in [1.807, 2.05) is 29.5 Å². The summed E-state index contributed by atoms with van der Waals surface area (Å²) in [7, 11) is 1.54. The first-order valence-corrected chi connectivity index (χ1v) is 7.06. The SMILES string of the molecule is COc1ccc(NC(=O)c2cn3c(C)cccc3n2)cc1Cl. The average Bonchev–Trinajstić information content (AvgIpc) is 2.93. The Morgan fingerprint density at radius 3 is 2.82 bits per heavy atom. The predicted molar refractivity (Wildman–Crippen MR) is 85.9 cm³/mol. The minimum Gasteiger partial charge on any atom is -0.495 e. The molecule has 0 aliphatic rings. The topological polar surface area (TPSA) is 55.6 Å². The van der Waals surface area contributed by atoms with E-state index in [9.17, 15) is 4.79 Å². The number of hydrogen-bond donors (Lipinski definition) is 1. The number of anilines is 1. The molecule has 3 rings (SSSR count). The molecule has 0 fully saturated rings. The Hall–Kier alpha value is -2.53. The number of fused-ring (bicyclic) bond motifs is 1. The van der Waals surface area contributed by atoms with Crippen molar-refractivity contribution in [2.75, 3.05) is 12.4 Å². The number of carbonyl (C=O) groups excluding carboxylic acids is 1. The largest absolute Gasteiger partial charge is 0.495 e. The molecule has 22 heavy (non-hydrogen) atoms. The zero-order chi connectivity index (χ0) is 15.7. The van der Waals surface area contributed by atoms with Gasteiger partial charge in [0.05, 0.1) is 12.1 Å². The number of halogens is 1. The summed E-state index contributed by atoms with van der Waals surface area (Å²) in [4.78, 5) is 16.6. The van der Waals surface area contributed by atoms with Crippen LogP contribution in [0.15, 0.2) is 42.6 Å². The Kier molecular flexibility index (Phi) is 3.73. The monoisotopic (exact) mass is 315 g/mol. The van der Waals surface area contributed by atoms with Gasteiger partial charge in [-0.25, -0.2) is 4.98 Å². The van der Waals surface area contributed by atoms with Gasteiger partial charge in [-0.1, -0.05) is 17.7 Å². The van der Waals surface area contributed by atoms with Crippen molar-refractivity contribution in [2.24, 2.45) is 0 Å². The van der Waals surface area contributed by atoms with E-state index in [2.05, 4.69) is 10.3 Å². The minimum atomic E-state index is -0.288. The Morgan fingerprint density at radius 1 is 1.32 bits per heavy atom. The van der Waals surface area contributed by atoms with Gasteiger partial charge >= 0.3 is 0 Å². The van der Waals surface area contributed by atoms with Crippen molar-refractivity contribution in [3.05, 3.63) is 59.0 Å². The lowest BCUT2D eigenvalue weighted by molar-refractivity contribution is 0.102. The quantitative estimate of drug-likeness (QED) is 0.804. The number of benzene rings is 1. The van der Waals surface area contributed by atoms with Gasteiger partial charge in [0.15, 0.2) is 0 Å². The van der Waals surface area contributed by atoms with Crippen LogP contribution in [0.5, 0.6) is 5.75 Å². The Bertz CT molecular complexity index is 858. The normalized spacial score (nSPS) is 10.7. The van der Waals surface area contributed by atoms with Crippen molar-refractivity contribution in [2.45, 2.75) is 6.92 Å². The molecular formula is C16H14ClN3O2. The molecule has 5 nitrogen and oxygen atoms in total. The van der Waals surface area contributed by atoms with E-state index < -0.39 is 0 Å². The first kappa shape index (κ1) is 14.4. The van der Waals surface area contributed by atoms with Crippen LogP contribution < -0.4 is 10.1 Å². The van der Waals surface area contributed by atoms with Crippen LogP contribution in [-0.4, -0.2) is 22.4 Å². The van der Waals surface area contributed by atoms with Gasteiger partial charge in [-0.2, -0.15) is 0 Å². The van der Waals surface area contributed by atoms with Crippen LogP contribution in [0, 0.1) is 6.92 Å². The highest BCUT2D eigenvalue weighted by Gasteiger charge is 2.12. The fourth-order valence-electron chi connectivity index (χ4n) is 2.20. The Labute approximate surface area is 132 Å². The Balaban J connectivity index is 1.87. The van der Waals surface area contributed by atoms with E-state index in [-0.39, 0.29) is 5.91 Å². The molecule has 1 aromatic carbocycles. The highest BCUT2D eigenvalue weighted by atomic mass is 35.5. The summed E-state index contributed by atoms with van der Waals surface area (Å²) in [6.45, 7) is 1.96. The third-order valence-electron chi connectivity index (χ3n) is 3.34. The van der Waals surface area contributed by atoms with Gasteiger partial charge in [-0.3, -0.25) is 4.79 Å². The van der Waals surface area contributed by atoms with Crippen molar-refractivity contribution < 1.29 is 9.53 Å². The molecule has 0 unspecified atom stereocenters. The average molecular weight is 316 g/mol. The summed E-state index contributed by atoms with van der Waals surface area (Å²) in [5.74, 6) is 0.271. The molecule has 0 saturated heterocycles. The van der Waals surface area contributed by atoms with Crippen molar-refractivity contribution in [3.63, 3.8) is 0 Å². The lowest BCUT2D eigenvalue weighted by atomic mass is 10.3. The molecule has 2 heterocycles. The van der Waals surface area contributed by atoms with Gasteiger partial charge in [0.1, 0.15) is 17.1 Å². The second kappa shape index (κ2) is 5.69. The van der Waals surface area contributed by atoms with E-state index in [4.69, 9.17) is 16.3 Å². The van der Waals surface area contributed by atoms with E-state index in [1.165, 1.54) is 0 Å². The highest BCUT2D eigenvalue weighted by molar-refractivity contribution is 6.32. The third-order valence-corrected chi connectivity index (χ3v) is 3.63. The van der Waals surface area contributed by atoms with Gasteiger partial charge in [0.25, 0.3) is 5.91 Å². The first-order valence-electron chi connectivity index (χ1n) is 6.68. The molecule has 0 atom stereocenters. The molecule has 0 aliphatic carbocycles. The van der Waals surface area contributed by atoms with Crippen LogP contribution in [0.3, 0.4) is 0 Å². The summed E-state index contributed by atoms with van der Waals surface area (Å²) >= 11 is 6.05. The smallest absolute Gasteiger partial charge is 0.275 e. The van der Waals surface area contributed by atoms with Gasteiger partial charge in [-0.05, 0) is 37.3 Å². The maximum absolute atomic E-state index is 12.3. The number of hydrogen-bond acceptors (Lipinski definition) is 3. The molecule has 0 saturated carbocycles. The number of carbonyl (C=O) groups is 1. The number of nitrogens with one attached hydrogen (secondary N) is 1. The number of aryl methyl sites for hydroxylation is 1. The Morgan fingerprint density at radius 2 is 2.14 bits per heavy atom. The molecule has 6 heteroatoms. The second-order valence-electron chi connectivity index (χ2n) is 4.82. The van der Waals surface area contributed by atoms with E-state index in [0.29, 0.717) is 22.2 Å². The molecule has 2 aromatic heterocycles.